The number of ether oxygens (including phenoxy) is 4. The van der Waals surface area contributed by atoms with Crippen molar-refractivity contribution >= 4 is 23.5 Å². The Morgan fingerprint density at radius 2 is 1.57 bits per heavy atom. The molecule has 0 saturated carbocycles. The minimum absolute atomic E-state index is 0.364. The third kappa shape index (κ3) is 6.13. The molecule has 0 fully saturated rings. The summed E-state index contributed by atoms with van der Waals surface area (Å²) in [6, 6.07) is 11.3. The van der Waals surface area contributed by atoms with Crippen LogP contribution in [0.4, 0.5) is 5.69 Å². The first-order valence-corrected chi connectivity index (χ1v) is 9.02. The van der Waals surface area contributed by atoms with Crippen molar-refractivity contribution in [1.29, 1.82) is 0 Å². The number of hydrogen-bond acceptors (Lipinski definition) is 7. The summed E-state index contributed by atoms with van der Waals surface area (Å²) in [6.07, 6.45) is -1.07. The highest BCUT2D eigenvalue weighted by atomic mass is 16.5. The maximum atomic E-state index is 12.3. The van der Waals surface area contributed by atoms with E-state index in [-0.39, 0.29) is 6.54 Å². The molecule has 1 unspecified atom stereocenters. The van der Waals surface area contributed by atoms with Crippen LogP contribution < -0.4 is 24.8 Å². The van der Waals surface area contributed by atoms with Gasteiger partial charge >= 0.3 is 5.97 Å². The maximum Gasteiger partial charge on any atom is 0.326 e. The first kappa shape index (κ1) is 22.5. The van der Waals surface area contributed by atoms with Crippen molar-refractivity contribution in [3.05, 3.63) is 48.0 Å². The first-order chi connectivity index (χ1) is 14.4. The highest BCUT2D eigenvalue weighted by Crippen LogP contribution is 2.29. The molecule has 30 heavy (non-hydrogen) atoms. The predicted octanol–water partition coefficient (Wildman–Crippen LogP) is 2.01. The molecule has 0 bridgehead atoms. The van der Waals surface area contributed by atoms with Crippen molar-refractivity contribution in [2.24, 2.45) is 0 Å². The number of rotatable bonds is 9. The van der Waals surface area contributed by atoms with E-state index in [9.17, 15) is 14.4 Å². The minimum atomic E-state index is -1.07. The van der Waals surface area contributed by atoms with Gasteiger partial charge < -0.3 is 29.6 Å². The normalized spacial score (nSPS) is 11.1. The topological polar surface area (TPSA) is 112 Å². The van der Waals surface area contributed by atoms with Crippen molar-refractivity contribution in [3.63, 3.8) is 0 Å². The molecule has 0 heterocycles. The Morgan fingerprint density at radius 3 is 2.17 bits per heavy atom. The van der Waals surface area contributed by atoms with Crippen LogP contribution >= 0.6 is 0 Å². The zero-order chi connectivity index (χ0) is 22.1. The highest BCUT2D eigenvalue weighted by Gasteiger charge is 2.19. The van der Waals surface area contributed by atoms with Gasteiger partial charge in [0.15, 0.2) is 17.6 Å². The van der Waals surface area contributed by atoms with E-state index in [4.69, 9.17) is 18.9 Å². The third-order valence-corrected chi connectivity index (χ3v) is 4.07. The molecule has 0 aliphatic heterocycles. The molecule has 2 amide bonds. The van der Waals surface area contributed by atoms with E-state index in [0.29, 0.717) is 28.5 Å². The first-order valence-electron chi connectivity index (χ1n) is 9.02. The van der Waals surface area contributed by atoms with Gasteiger partial charge in [0.05, 0.1) is 21.3 Å². The van der Waals surface area contributed by atoms with Gasteiger partial charge in [0.25, 0.3) is 11.8 Å². The number of hydrogen-bond donors (Lipinski definition) is 2. The van der Waals surface area contributed by atoms with E-state index in [2.05, 4.69) is 10.6 Å². The van der Waals surface area contributed by atoms with Crippen LogP contribution in [0.2, 0.25) is 0 Å². The molecule has 0 radical (unpaired) electrons. The second kappa shape index (κ2) is 10.7. The number of benzene rings is 2. The van der Waals surface area contributed by atoms with Crippen molar-refractivity contribution in [1.82, 2.24) is 5.32 Å². The van der Waals surface area contributed by atoms with Gasteiger partial charge in [-0.1, -0.05) is 0 Å². The summed E-state index contributed by atoms with van der Waals surface area (Å²) in [7, 11) is 4.51. The Balaban J connectivity index is 1.84. The Morgan fingerprint density at radius 1 is 0.900 bits per heavy atom. The summed E-state index contributed by atoms with van der Waals surface area (Å²) in [6.45, 7) is 1.05. The van der Waals surface area contributed by atoms with Gasteiger partial charge in [-0.15, -0.1) is 0 Å². The van der Waals surface area contributed by atoms with E-state index in [0.717, 1.165) is 0 Å². The molecule has 160 valence electrons. The molecular formula is C21H24N2O7. The number of carbonyl (C=O) groups is 3. The zero-order valence-electron chi connectivity index (χ0n) is 17.2. The molecule has 2 N–H and O–H groups in total. The number of anilines is 1. The van der Waals surface area contributed by atoms with E-state index in [1.165, 1.54) is 28.3 Å². The quantitative estimate of drug-likeness (QED) is 0.602. The molecule has 0 spiro atoms. The molecule has 0 aliphatic carbocycles. The second-order valence-electron chi connectivity index (χ2n) is 6.10. The average molecular weight is 416 g/mol. The van der Waals surface area contributed by atoms with Crippen molar-refractivity contribution in [2.45, 2.75) is 13.0 Å². The summed E-state index contributed by atoms with van der Waals surface area (Å²) in [5.41, 5.74) is 0.816. The van der Waals surface area contributed by atoms with Gasteiger partial charge in [-0.25, -0.2) is 0 Å². The smallest absolute Gasteiger partial charge is 0.326 e. The number of carbonyl (C=O) groups excluding carboxylic acids is 3. The van der Waals surface area contributed by atoms with Crippen molar-refractivity contribution in [2.75, 3.05) is 33.2 Å². The minimum Gasteiger partial charge on any atom is -0.497 e. The Hall–Kier alpha value is -3.75. The fourth-order valence-corrected chi connectivity index (χ4v) is 2.45. The van der Waals surface area contributed by atoms with Crippen molar-refractivity contribution in [3.8, 4) is 17.2 Å². The van der Waals surface area contributed by atoms with Gasteiger partial charge in [0.1, 0.15) is 12.3 Å². The number of methoxy groups -OCH3 is 3. The molecule has 2 aromatic carbocycles. The lowest BCUT2D eigenvalue weighted by Gasteiger charge is -2.15. The summed E-state index contributed by atoms with van der Waals surface area (Å²) in [5, 5.41) is 5.07. The number of amides is 2. The van der Waals surface area contributed by atoms with E-state index in [1.807, 2.05) is 0 Å². The van der Waals surface area contributed by atoms with Crippen LogP contribution in [0.5, 0.6) is 17.2 Å². The Kier molecular flexibility index (Phi) is 8.04. The van der Waals surface area contributed by atoms with E-state index < -0.39 is 23.9 Å². The summed E-state index contributed by atoms with van der Waals surface area (Å²) in [5.74, 6) is -0.148. The monoisotopic (exact) mass is 416 g/mol. The molecule has 9 nitrogen and oxygen atoms in total. The van der Waals surface area contributed by atoms with Gasteiger partial charge in [-0.2, -0.15) is 0 Å². The van der Waals surface area contributed by atoms with E-state index >= 15 is 0 Å². The van der Waals surface area contributed by atoms with Crippen LogP contribution in [0.1, 0.15) is 17.3 Å². The lowest BCUT2D eigenvalue weighted by atomic mass is 10.2. The van der Waals surface area contributed by atoms with Gasteiger partial charge in [-0.05, 0) is 43.3 Å². The molecule has 0 aromatic heterocycles. The van der Waals surface area contributed by atoms with Crippen LogP contribution in [0.25, 0.3) is 0 Å². The van der Waals surface area contributed by atoms with Crippen LogP contribution in [0, 0.1) is 0 Å². The molecule has 0 saturated heterocycles. The fourth-order valence-electron chi connectivity index (χ4n) is 2.45. The second-order valence-corrected chi connectivity index (χ2v) is 6.10. The Labute approximate surface area is 174 Å². The molecule has 9 heteroatoms. The number of esters is 1. The maximum absolute atomic E-state index is 12.3. The summed E-state index contributed by atoms with van der Waals surface area (Å²) < 4.78 is 20.4. The van der Waals surface area contributed by atoms with E-state index in [1.54, 1.807) is 42.5 Å². The standard InChI is InChI=1S/C21H24N2O7/c1-13(20(25)23-15-7-10-17(28-3)18(11-15)29-4)30-19(24)12-22-21(26)14-5-8-16(27-2)9-6-14/h5-11,13H,12H2,1-4H3,(H,22,26)(H,23,25). The summed E-state index contributed by atoms with van der Waals surface area (Å²) in [4.78, 5) is 36.3. The summed E-state index contributed by atoms with van der Waals surface area (Å²) >= 11 is 0. The molecule has 1 atom stereocenters. The van der Waals surface area contributed by atoms with Crippen LogP contribution in [-0.2, 0) is 14.3 Å². The lowest BCUT2D eigenvalue weighted by Crippen LogP contribution is -2.35. The molecule has 2 aromatic rings. The van der Waals surface area contributed by atoms with Gasteiger partial charge in [0.2, 0.25) is 0 Å². The van der Waals surface area contributed by atoms with Crippen LogP contribution in [0.15, 0.2) is 42.5 Å². The van der Waals surface area contributed by atoms with Gasteiger partial charge in [0, 0.05) is 17.3 Å². The lowest BCUT2D eigenvalue weighted by molar-refractivity contribution is -0.152. The van der Waals surface area contributed by atoms with Crippen LogP contribution in [0.3, 0.4) is 0 Å². The van der Waals surface area contributed by atoms with Crippen molar-refractivity contribution < 1.29 is 33.3 Å². The zero-order valence-corrected chi connectivity index (χ0v) is 17.2. The fraction of sp³-hybridized carbons (Fsp3) is 0.286. The SMILES string of the molecule is COc1ccc(C(=O)NCC(=O)OC(C)C(=O)Nc2ccc(OC)c(OC)c2)cc1. The molecule has 2 rings (SSSR count). The largest absolute Gasteiger partial charge is 0.497 e. The predicted molar refractivity (Wildman–Crippen MR) is 109 cm³/mol. The molecule has 0 aliphatic rings. The highest BCUT2D eigenvalue weighted by molar-refractivity contribution is 5.97. The van der Waals surface area contributed by atoms with Gasteiger partial charge in [-0.3, -0.25) is 14.4 Å². The molecular weight excluding hydrogens is 392 g/mol. The number of nitrogens with one attached hydrogen (secondary N) is 2. The Bertz CT molecular complexity index is 897. The third-order valence-electron chi connectivity index (χ3n) is 4.07. The van der Waals surface area contributed by atoms with Crippen LogP contribution in [-0.4, -0.2) is 51.8 Å². The average Bonchev–Trinajstić information content (AvgIpc) is 2.77.